The third-order valence-electron chi connectivity index (χ3n) is 4.11. The van der Waals surface area contributed by atoms with E-state index in [0.29, 0.717) is 18.7 Å². The van der Waals surface area contributed by atoms with Gasteiger partial charge in [0.1, 0.15) is 4.90 Å². The van der Waals surface area contributed by atoms with E-state index in [1.807, 2.05) is 37.3 Å². The number of nitrogens with one attached hydrogen (secondary N) is 1. The van der Waals surface area contributed by atoms with Gasteiger partial charge in [0.2, 0.25) is 0 Å². The molecule has 0 saturated carbocycles. The van der Waals surface area contributed by atoms with Gasteiger partial charge in [-0.05, 0) is 19.1 Å². The Labute approximate surface area is 167 Å². The molecule has 0 aliphatic rings. The lowest BCUT2D eigenvalue weighted by Gasteiger charge is -2.07. The zero-order valence-corrected chi connectivity index (χ0v) is 17.0. The fourth-order valence-corrected chi connectivity index (χ4v) is 4.63. The quantitative estimate of drug-likeness (QED) is 0.459. The molecule has 7 nitrogen and oxygen atoms in total. The molecule has 0 unspecified atom stereocenters. The number of hydrogen-bond donors (Lipinski definition) is 1. The Morgan fingerprint density at radius 3 is 2.54 bits per heavy atom. The molecule has 146 valence electrons. The van der Waals surface area contributed by atoms with Crippen molar-refractivity contribution in [2.24, 2.45) is 0 Å². The van der Waals surface area contributed by atoms with Gasteiger partial charge >= 0.3 is 0 Å². The van der Waals surface area contributed by atoms with Crippen molar-refractivity contribution in [1.82, 2.24) is 4.98 Å². The van der Waals surface area contributed by atoms with Gasteiger partial charge in [-0.3, -0.25) is 10.1 Å². The largest absolute Gasteiger partial charge is 0.385 e. The molecule has 28 heavy (non-hydrogen) atoms. The predicted octanol–water partition coefficient (Wildman–Crippen LogP) is 4.08. The maximum atomic E-state index is 11.8. The highest BCUT2D eigenvalue weighted by Gasteiger charge is 2.22. The van der Waals surface area contributed by atoms with Crippen LogP contribution in [0.15, 0.2) is 53.4 Å². The van der Waals surface area contributed by atoms with Gasteiger partial charge in [0.05, 0.1) is 15.6 Å². The highest BCUT2D eigenvalue weighted by molar-refractivity contribution is 7.90. The van der Waals surface area contributed by atoms with Crippen molar-refractivity contribution in [3.05, 3.63) is 68.5 Å². The topological polar surface area (TPSA) is 102 Å². The molecule has 2 aromatic carbocycles. The summed E-state index contributed by atoms with van der Waals surface area (Å²) in [5.41, 5.74) is 2.14. The fraction of sp³-hybridized carbons (Fsp3) is 0.211. The van der Waals surface area contributed by atoms with Crippen molar-refractivity contribution in [3.63, 3.8) is 0 Å². The summed E-state index contributed by atoms with van der Waals surface area (Å²) in [5, 5.41) is 15.1. The van der Waals surface area contributed by atoms with Crippen LogP contribution in [0.5, 0.6) is 0 Å². The number of aromatic nitrogens is 1. The summed E-state index contributed by atoms with van der Waals surface area (Å²) in [5.74, 6) is 0. The first kappa shape index (κ1) is 20.0. The van der Waals surface area contributed by atoms with E-state index in [-0.39, 0.29) is 4.90 Å². The van der Waals surface area contributed by atoms with Crippen molar-refractivity contribution in [2.45, 2.75) is 18.2 Å². The number of thiazole rings is 1. The number of nitrogens with zero attached hydrogens (tertiary/aromatic N) is 2. The number of sulfone groups is 1. The number of nitro groups is 1. The van der Waals surface area contributed by atoms with Crippen LogP contribution in [-0.2, 0) is 16.3 Å². The molecule has 0 bridgehead atoms. The van der Waals surface area contributed by atoms with Crippen LogP contribution in [-0.4, -0.2) is 31.1 Å². The van der Waals surface area contributed by atoms with Gasteiger partial charge in [-0.15, -0.1) is 11.3 Å². The van der Waals surface area contributed by atoms with Crippen LogP contribution in [0.25, 0.3) is 11.3 Å². The Morgan fingerprint density at radius 1 is 1.18 bits per heavy atom. The first-order valence-electron chi connectivity index (χ1n) is 8.50. The summed E-state index contributed by atoms with van der Waals surface area (Å²) < 4.78 is 23.7. The van der Waals surface area contributed by atoms with Gasteiger partial charge < -0.3 is 5.32 Å². The van der Waals surface area contributed by atoms with Gasteiger partial charge in [0.25, 0.3) is 5.69 Å². The maximum Gasteiger partial charge on any atom is 0.288 e. The van der Waals surface area contributed by atoms with Crippen LogP contribution in [0, 0.1) is 17.0 Å². The van der Waals surface area contributed by atoms with Gasteiger partial charge in [-0.25, -0.2) is 13.4 Å². The minimum atomic E-state index is -3.70. The van der Waals surface area contributed by atoms with Crippen molar-refractivity contribution in [2.75, 3.05) is 18.1 Å². The standard InChI is InChI=1S/C19H19N3O4S2/c1-13-19(14-6-4-3-5-7-14)21-18(27-13)10-11-20-15-8-9-16(22(23)24)17(12-15)28(2,25)26/h3-9,12,20H,10-11H2,1-2H3. The van der Waals surface area contributed by atoms with Crippen molar-refractivity contribution >= 4 is 32.5 Å². The molecule has 0 aliphatic heterocycles. The summed E-state index contributed by atoms with van der Waals surface area (Å²) >= 11 is 1.62. The molecule has 1 heterocycles. The molecule has 0 radical (unpaired) electrons. The summed E-state index contributed by atoms with van der Waals surface area (Å²) in [4.78, 5) is 15.9. The highest BCUT2D eigenvalue weighted by atomic mass is 32.2. The van der Waals surface area contributed by atoms with Crippen LogP contribution in [0.1, 0.15) is 9.88 Å². The van der Waals surface area contributed by atoms with E-state index in [1.54, 1.807) is 11.3 Å². The van der Waals surface area contributed by atoms with E-state index in [9.17, 15) is 18.5 Å². The number of hydrogen-bond acceptors (Lipinski definition) is 7. The average molecular weight is 418 g/mol. The van der Waals surface area contributed by atoms with E-state index >= 15 is 0 Å². The Balaban J connectivity index is 1.71. The zero-order valence-electron chi connectivity index (χ0n) is 15.4. The second kappa shape index (κ2) is 8.07. The summed E-state index contributed by atoms with van der Waals surface area (Å²) in [7, 11) is -3.70. The number of rotatable bonds is 7. The minimum Gasteiger partial charge on any atom is -0.385 e. The SMILES string of the molecule is Cc1sc(CCNc2ccc([N+](=O)[O-])c(S(C)(=O)=O)c2)nc1-c1ccccc1. The minimum absolute atomic E-state index is 0.293. The Kier molecular flexibility index (Phi) is 5.76. The average Bonchev–Trinajstić information content (AvgIpc) is 3.02. The molecule has 1 N–H and O–H groups in total. The molecular formula is C19H19N3O4S2. The van der Waals surface area contributed by atoms with Gasteiger partial charge in [0, 0.05) is 41.4 Å². The van der Waals surface area contributed by atoms with Gasteiger partial charge in [-0.2, -0.15) is 0 Å². The fourth-order valence-electron chi connectivity index (χ4n) is 2.81. The zero-order chi connectivity index (χ0) is 20.3. The third kappa shape index (κ3) is 4.55. The van der Waals surface area contributed by atoms with Crippen molar-refractivity contribution in [1.29, 1.82) is 0 Å². The smallest absolute Gasteiger partial charge is 0.288 e. The normalized spacial score (nSPS) is 11.4. The molecule has 1 aromatic heterocycles. The first-order valence-corrected chi connectivity index (χ1v) is 11.2. The molecular weight excluding hydrogens is 398 g/mol. The van der Waals surface area contributed by atoms with E-state index in [4.69, 9.17) is 4.98 Å². The Morgan fingerprint density at radius 2 is 1.89 bits per heavy atom. The summed E-state index contributed by atoms with van der Waals surface area (Å²) in [6.07, 6.45) is 1.62. The molecule has 3 rings (SSSR count). The van der Waals surface area contributed by atoms with Gasteiger partial charge in [0.15, 0.2) is 9.84 Å². The lowest BCUT2D eigenvalue weighted by Crippen LogP contribution is -2.07. The molecule has 0 spiro atoms. The molecule has 0 saturated heterocycles. The van der Waals surface area contributed by atoms with Crippen molar-refractivity contribution in [3.8, 4) is 11.3 Å². The Bertz CT molecular complexity index is 1110. The van der Waals surface area contributed by atoms with E-state index in [2.05, 4.69) is 5.32 Å². The second-order valence-corrected chi connectivity index (χ2v) is 9.54. The summed E-state index contributed by atoms with van der Waals surface area (Å²) in [6.45, 7) is 2.56. The third-order valence-corrected chi connectivity index (χ3v) is 6.27. The monoisotopic (exact) mass is 417 g/mol. The molecule has 0 atom stereocenters. The van der Waals surface area contributed by atoms with Gasteiger partial charge in [-0.1, -0.05) is 30.3 Å². The molecule has 0 aliphatic carbocycles. The number of anilines is 1. The van der Waals surface area contributed by atoms with E-state index < -0.39 is 20.4 Å². The highest BCUT2D eigenvalue weighted by Crippen LogP contribution is 2.29. The predicted molar refractivity (Wildman–Crippen MR) is 111 cm³/mol. The van der Waals surface area contributed by atoms with E-state index in [1.165, 1.54) is 18.2 Å². The van der Waals surface area contributed by atoms with Crippen molar-refractivity contribution < 1.29 is 13.3 Å². The Hall–Kier alpha value is -2.78. The molecule has 3 aromatic rings. The van der Waals surface area contributed by atoms with Crippen LogP contribution in [0.2, 0.25) is 0 Å². The molecule has 0 fully saturated rings. The van der Waals surface area contributed by atoms with Crippen LogP contribution in [0.3, 0.4) is 0 Å². The molecule has 0 amide bonds. The summed E-state index contributed by atoms with van der Waals surface area (Å²) in [6, 6.07) is 14.0. The number of aryl methyl sites for hydroxylation is 1. The van der Waals surface area contributed by atoms with Crippen LogP contribution in [0.4, 0.5) is 11.4 Å². The van der Waals surface area contributed by atoms with Crippen LogP contribution >= 0.6 is 11.3 Å². The maximum absolute atomic E-state index is 11.8. The number of nitro benzene ring substituents is 1. The van der Waals surface area contributed by atoms with E-state index in [0.717, 1.165) is 27.4 Å². The van der Waals surface area contributed by atoms with Crippen LogP contribution < -0.4 is 5.32 Å². The lowest BCUT2D eigenvalue weighted by molar-refractivity contribution is -0.387. The first-order chi connectivity index (χ1) is 13.3. The lowest BCUT2D eigenvalue weighted by atomic mass is 10.1. The molecule has 9 heteroatoms. The second-order valence-electron chi connectivity index (χ2n) is 6.27. The number of benzene rings is 2.